The topological polar surface area (TPSA) is 53.4 Å². The maximum absolute atomic E-state index is 12.9. The number of carbonyl (C=O) groups excluding carboxylic acids is 1. The molecule has 1 aliphatic heterocycles. The maximum Gasteiger partial charge on any atom is 0.322 e. The van der Waals surface area contributed by atoms with E-state index in [2.05, 4.69) is 53.7 Å². The van der Waals surface area contributed by atoms with E-state index >= 15 is 0 Å². The van der Waals surface area contributed by atoms with Crippen LogP contribution in [0.2, 0.25) is 0 Å². The van der Waals surface area contributed by atoms with Crippen LogP contribution in [-0.2, 0) is 26.1 Å². The van der Waals surface area contributed by atoms with Gasteiger partial charge in [-0.2, -0.15) is 0 Å². The number of amides is 2. The van der Waals surface area contributed by atoms with Crippen molar-refractivity contribution in [2.24, 2.45) is 0 Å². The van der Waals surface area contributed by atoms with Crippen molar-refractivity contribution in [2.75, 3.05) is 18.9 Å². The molecule has 0 aliphatic carbocycles. The second kappa shape index (κ2) is 8.57. The number of fused-ring (bicyclic) bond motifs is 1. The average Bonchev–Trinajstić information content (AvgIpc) is 2.89. The normalized spacial score (nSPS) is 14.4. The highest BCUT2D eigenvalue weighted by molar-refractivity contribution is 5.89. The Hall–Kier alpha value is -2.34. The Morgan fingerprint density at radius 3 is 2.89 bits per heavy atom. The number of aromatic nitrogens is 2. The smallest absolute Gasteiger partial charge is 0.322 e. The lowest BCUT2D eigenvalue weighted by Crippen LogP contribution is -2.35. The SMILES string of the molecule is CCc1cccc(NC(=O)N2CCCn3cnc(CN(C)C(C)C)c3C2)c1. The van der Waals surface area contributed by atoms with Gasteiger partial charge in [-0.05, 0) is 51.4 Å². The van der Waals surface area contributed by atoms with Crippen LogP contribution in [0.5, 0.6) is 0 Å². The third kappa shape index (κ3) is 4.69. The fourth-order valence-corrected chi connectivity index (χ4v) is 3.31. The fraction of sp³-hybridized carbons (Fsp3) is 0.524. The molecule has 0 spiro atoms. The van der Waals surface area contributed by atoms with Gasteiger partial charge in [0.1, 0.15) is 0 Å². The third-order valence-corrected chi connectivity index (χ3v) is 5.35. The molecule has 146 valence electrons. The number of anilines is 1. The summed E-state index contributed by atoms with van der Waals surface area (Å²) in [4.78, 5) is 21.7. The summed E-state index contributed by atoms with van der Waals surface area (Å²) in [6.45, 7) is 9.53. The summed E-state index contributed by atoms with van der Waals surface area (Å²) in [6, 6.07) is 8.48. The van der Waals surface area contributed by atoms with Crippen molar-refractivity contribution in [3.63, 3.8) is 0 Å². The van der Waals surface area contributed by atoms with Crippen molar-refractivity contribution in [3.8, 4) is 0 Å². The Balaban J connectivity index is 1.73. The molecule has 1 aliphatic rings. The van der Waals surface area contributed by atoms with Crippen LogP contribution in [0.15, 0.2) is 30.6 Å². The Kier molecular flexibility index (Phi) is 6.16. The number of carbonyl (C=O) groups is 1. The first-order valence-electron chi connectivity index (χ1n) is 9.86. The van der Waals surface area contributed by atoms with E-state index in [0.717, 1.165) is 49.6 Å². The number of aryl methyl sites for hydroxylation is 2. The van der Waals surface area contributed by atoms with E-state index in [0.29, 0.717) is 12.6 Å². The highest BCUT2D eigenvalue weighted by Gasteiger charge is 2.23. The molecule has 6 nitrogen and oxygen atoms in total. The van der Waals surface area contributed by atoms with Crippen molar-refractivity contribution < 1.29 is 4.79 Å². The quantitative estimate of drug-likeness (QED) is 0.874. The summed E-state index contributed by atoms with van der Waals surface area (Å²) in [7, 11) is 2.11. The third-order valence-electron chi connectivity index (χ3n) is 5.35. The molecule has 0 atom stereocenters. The average molecular weight is 370 g/mol. The molecule has 0 radical (unpaired) electrons. The van der Waals surface area contributed by atoms with Crippen LogP contribution in [0.1, 0.15) is 44.1 Å². The van der Waals surface area contributed by atoms with Crippen LogP contribution in [0, 0.1) is 0 Å². The zero-order chi connectivity index (χ0) is 19.4. The van der Waals surface area contributed by atoms with Gasteiger partial charge in [0.05, 0.1) is 24.3 Å². The number of rotatable bonds is 5. The Morgan fingerprint density at radius 2 is 2.15 bits per heavy atom. The Morgan fingerprint density at radius 1 is 1.33 bits per heavy atom. The summed E-state index contributed by atoms with van der Waals surface area (Å²) in [5.41, 5.74) is 4.30. The van der Waals surface area contributed by atoms with Crippen LogP contribution < -0.4 is 5.32 Å². The molecule has 1 aromatic carbocycles. The van der Waals surface area contributed by atoms with Gasteiger partial charge in [-0.1, -0.05) is 19.1 Å². The minimum atomic E-state index is -0.0407. The number of hydrogen-bond donors (Lipinski definition) is 1. The summed E-state index contributed by atoms with van der Waals surface area (Å²) in [5, 5.41) is 3.06. The van der Waals surface area contributed by atoms with Gasteiger partial charge in [-0.3, -0.25) is 4.90 Å². The monoisotopic (exact) mass is 369 g/mol. The van der Waals surface area contributed by atoms with E-state index in [9.17, 15) is 4.79 Å². The number of nitrogens with one attached hydrogen (secondary N) is 1. The first-order valence-corrected chi connectivity index (χ1v) is 9.86. The highest BCUT2D eigenvalue weighted by atomic mass is 16.2. The van der Waals surface area contributed by atoms with E-state index in [-0.39, 0.29) is 6.03 Å². The number of benzene rings is 1. The van der Waals surface area contributed by atoms with Crippen molar-refractivity contribution in [1.82, 2.24) is 19.4 Å². The lowest BCUT2D eigenvalue weighted by Gasteiger charge is -2.23. The molecule has 3 rings (SSSR count). The number of hydrogen-bond acceptors (Lipinski definition) is 3. The summed E-state index contributed by atoms with van der Waals surface area (Å²) < 4.78 is 2.20. The molecule has 6 heteroatoms. The minimum absolute atomic E-state index is 0.0407. The van der Waals surface area contributed by atoms with Gasteiger partial charge in [0.2, 0.25) is 0 Å². The molecule has 2 amide bonds. The zero-order valence-corrected chi connectivity index (χ0v) is 16.9. The van der Waals surface area contributed by atoms with Crippen LogP contribution in [0.4, 0.5) is 10.5 Å². The predicted molar refractivity (Wildman–Crippen MR) is 109 cm³/mol. The number of imidazole rings is 1. The largest absolute Gasteiger partial charge is 0.333 e. The number of urea groups is 1. The van der Waals surface area contributed by atoms with Crippen LogP contribution in [0.25, 0.3) is 0 Å². The predicted octanol–water partition coefficient (Wildman–Crippen LogP) is 3.72. The van der Waals surface area contributed by atoms with Gasteiger partial charge in [-0.25, -0.2) is 9.78 Å². The Bertz CT molecular complexity index is 783. The zero-order valence-electron chi connectivity index (χ0n) is 16.9. The van der Waals surface area contributed by atoms with Crippen LogP contribution in [0.3, 0.4) is 0 Å². The lowest BCUT2D eigenvalue weighted by atomic mass is 10.1. The van der Waals surface area contributed by atoms with Crippen LogP contribution in [-0.4, -0.2) is 45.0 Å². The molecule has 0 bridgehead atoms. The van der Waals surface area contributed by atoms with Gasteiger partial charge in [-0.15, -0.1) is 0 Å². The standard InChI is InChI=1S/C21H31N5O/c1-5-17-8-6-9-18(12-17)23-21(27)25-10-7-11-26-15-22-19(20(26)14-25)13-24(4)16(2)3/h6,8-9,12,15-16H,5,7,10-11,13-14H2,1-4H3,(H,23,27). The molecular formula is C21H31N5O. The fourth-order valence-electron chi connectivity index (χ4n) is 3.31. The second-order valence-corrected chi connectivity index (χ2v) is 7.60. The Labute approximate surface area is 162 Å². The van der Waals surface area contributed by atoms with Crippen molar-refractivity contribution in [2.45, 2.75) is 59.3 Å². The van der Waals surface area contributed by atoms with E-state index in [1.807, 2.05) is 29.4 Å². The molecule has 0 saturated heterocycles. The van der Waals surface area contributed by atoms with Gasteiger partial charge in [0.15, 0.2) is 0 Å². The lowest BCUT2D eigenvalue weighted by molar-refractivity contribution is 0.209. The van der Waals surface area contributed by atoms with Gasteiger partial charge in [0, 0.05) is 31.4 Å². The second-order valence-electron chi connectivity index (χ2n) is 7.60. The van der Waals surface area contributed by atoms with E-state index < -0.39 is 0 Å². The molecule has 1 aromatic heterocycles. The molecular weight excluding hydrogens is 338 g/mol. The molecule has 2 heterocycles. The van der Waals surface area contributed by atoms with Crippen LogP contribution >= 0.6 is 0 Å². The molecule has 0 fully saturated rings. The van der Waals surface area contributed by atoms with Gasteiger partial charge in [0.25, 0.3) is 0 Å². The summed E-state index contributed by atoms with van der Waals surface area (Å²) >= 11 is 0. The maximum atomic E-state index is 12.9. The van der Waals surface area contributed by atoms with E-state index in [1.54, 1.807) is 0 Å². The summed E-state index contributed by atoms with van der Waals surface area (Å²) in [6.07, 6.45) is 3.82. The van der Waals surface area contributed by atoms with E-state index in [4.69, 9.17) is 0 Å². The molecule has 0 saturated carbocycles. The number of nitrogens with zero attached hydrogens (tertiary/aromatic N) is 4. The molecule has 27 heavy (non-hydrogen) atoms. The van der Waals surface area contributed by atoms with Gasteiger partial charge < -0.3 is 14.8 Å². The van der Waals surface area contributed by atoms with Crippen molar-refractivity contribution >= 4 is 11.7 Å². The minimum Gasteiger partial charge on any atom is -0.333 e. The first-order chi connectivity index (χ1) is 13.0. The highest BCUT2D eigenvalue weighted by Crippen LogP contribution is 2.19. The molecule has 2 aromatic rings. The van der Waals surface area contributed by atoms with E-state index in [1.165, 1.54) is 5.56 Å². The molecule has 0 unspecified atom stereocenters. The molecule has 1 N–H and O–H groups in total. The summed E-state index contributed by atoms with van der Waals surface area (Å²) in [5.74, 6) is 0. The van der Waals surface area contributed by atoms with Gasteiger partial charge >= 0.3 is 6.03 Å². The van der Waals surface area contributed by atoms with Crippen molar-refractivity contribution in [1.29, 1.82) is 0 Å². The first kappa shape index (κ1) is 19.4. The van der Waals surface area contributed by atoms with Crippen molar-refractivity contribution in [3.05, 3.63) is 47.5 Å².